The summed E-state index contributed by atoms with van der Waals surface area (Å²) in [6, 6.07) is 15.3. The third kappa shape index (κ3) is 5.04. The smallest absolute Gasteiger partial charge is 0.265 e. The average molecular weight is 533 g/mol. The van der Waals surface area contributed by atoms with E-state index in [1.807, 2.05) is 25.1 Å². The van der Waals surface area contributed by atoms with Crippen LogP contribution in [0.1, 0.15) is 18.1 Å². The molecule has 0 aliphatic carbocycles. The van der Waals surface area contributed by atoms with Crippen LogP contribution in [0.4, 0.5) is 15.8 Å². The lowest BCUT2D eigenvalue weighted by Crippen LogP contribution is -2.39. The molecule has 1 heterocycles. The molecule has 1 aliphatic rings. The van der Waals surface area contributed by atoms with Gasteiger partial charge in [-0.3, -0.25) is 9.52 Å². The van der Waals surface area contributed by atoms with Gasteiger partial charge in [0.1, 0.15) is 11.6 Å². The Morgan fingerprint density at radius 2 is 1.88 bits per heavy atom. The number of carbonyl (C=O) groups is 1. The third-order valence-electron chi connectivity index (χ3n) is 5.43. The molecule has 1 atom stereocenters. The highest BCUT2D eigenvalue weighted by Gasteiger charge is 2.31. The van der Waals surface area contributed by atoms with Crippen LogP contribution in [0.15, 0.2) is 70.0 Å². The van der Waals surface area contributed by atoms with Crippen LogP contribution in [0.25, 0.3) is 0 Å². The Kier molecular flexibility index (Phi) is 6.45. The fourth-order valence-corrected chi connectivity index (χ4v) is 5.42. The topological polar surface area (TPSA) is 75.7 Å². The summed E-state index contributed by atoms with van der Waals surface area (Å²) in [5.74, 6) is -0.200. The van der Waals surface area contributed by atoms with Gasteiger partial charge in [0.15, 0.2) is 6.61 Å². The molecule has 33 heavy (non-hydrogen) atoms. The van der Waals surface area contributed by atoms with Gasteiger partial charge in [-0.2, -0.15) is 0 Å². The van der Waals surface area contributed by atoms with Crippen molar-refractivity contribution in [1.29, 1.82) is 0 Å². The average Bonchev–Trinajstić information content (AvgIpc) is 3.08. The quantitative estimate of drug-likeness (QED) is 0.481. The van der Waals surface area contributed by atoms with Crippen molar-refractivity contribution < 1.29 is 22.3 Å². The van der Waals surface area contributed by atoms with Crippen molar-refractivity contribution in [3.63, 3.8) is 0 Å². The molecule has 3 aromatic carbocycles. The molecule has 1 amide bonds. The van der Waals surface area contributed by atoms with E-state index in [1.54, 1.807) is 11.8 Å². The number of anilines is 2. The molecule has 1 unspecified atom stereocenters. The van der Waals surface area contributed by atoms with E-state index in [0.717, 1.165) is 22.1 Å². The zero-order valence-electron chi connectivity index (χ0n) is 18.0. The number of aryl methyl sites for hydroxylation is 1. The van der Waals surface area contributed by atoms with Gasteiger partial charge in [0.25, 0.3) is 15.9 Å². The van der Waals surface area contributed by atoms with Crippen molar-refractivity contribution in [2.75, 3.05) is 16.2 Å². The van der Waals surface area contributed by atoms with Gasteiger partial charge < -0.3 is 9.64 Å². The highest BCUT2D eigenvalue weighted by atomic mass is 79.9. The van der Waals surface area contributed by atoms with Gasteiger partial charge in [-0.25, -0.2) is 12.8 Å². The van der Waals surface area contributed by atoms with Crippen molar-refractivity contribution in [2.45, 2.75) is 31.2 Å². The number of ether oxygens (including phenoxy) is 1. The fourth-order valence-electron chi connectivity index (χ4n) is 3.87. The van der Waals surface area contributed by atoms with Gasteiger partial charge in [-0.15, -0.1) is 0 Å². The first-order valence-electron chi connectivity index (χ1n) is 10.3. The predicted molar refractivity (Wildman–Crippen MR) is 129 cm³/mol. The summed E-state index contributed by atoms with van der Waals surface area (Å²) in [6.45, 7) is 3.54. The van der Waals surface area contributed by atoms with Gasteiger partial charge in [0, 0.05) is 21.9 Å². The third-order valence-corrected chi connectivity index (χ3v) is 7.30. The maximum absolute atomic E-state index is 13.1. The molecular weight excluding hydrogens is 511 g/mol. The molecule has 0 fully saturated rings. The van der Waals surface area contributed by atoms with E-state index in [4.69, 9.17) is 4.74 Å². The number of hydrogen-bond donors (Lipinski definition) is 1. The van der Waals surface area contributed by atoms with E-state index in [0.29, 0.717) is 11.3 Å². The molecule has 3 aromatic rings. The Balaban J connectivity index is 1.45. The van der Waals surface area contributed by atoms with Crippen molar-refractivity contribution in [3.05, 3.63) is 82.1 Å². The first kappa shape index (κ1) is 23.3. The number of carbonyl (C=O) groups excluding carboxylic acids is 1. The lowest BCUT2D eigenvalue weighted by atomic mass is 10.1. The summed E-state index contributed by atoms with van der Waals surface area (Å²) in [5.41, 5.74) is 2.81. The molecule has 9 heteroatoms. The molecule has 0 aromatic heterocycles. The largest absolute Gasteiger partial charge is 0.483 e. The standard InChI is InChI=1S/C24H22BrFN2O4S/c1-15-11-21(33(30,31)27-20-6-4-19(26)5-7-20)8-10-23(15)32-14-24(29)28-16(2)12-17-13-18(25)3-9-22(17)28/h3-11,13,16,27H,12,14H2,1-2H3. The molecule has 1 aliphatic heterocycles. The van der Waals surface area contributed by atoms with E-state index in [1.165, 1.54) is 42.5 Å². The van der Waals surface area contributed by atoms with Crippen LogP contribution in [-0.2, 0) is 21.2 Å². The second-order valence-corrected chi connectivity index (χ2v) is 10.5. The molecule has 0 bridgehead atoms. The van der Waals surface area contributed by atoms with Crippen molar-refractivity contribution in [2.24, 2.45) is 0 Å². The first-order chi connectivity index (χ1) is 15.6. The van der Waals surface area contributed by atoms with Gasteiger partial charge in [0.2, 0.25) is 0 Å². The number of amides is 1. The number of sulfonamides is 1. The number of nitrogens with one attached hydrogen (secondary N) is 1. The predicted octanol–water partition coefficient (Wildman–Crippen LogP) is 5.05. The number of benzene rings is 3. The number of fused-ring (bicyclic) bond motifs is 1. The second kappa shape index (κ2) is 9.15. The number of hydrogen-bond acceptors (Lipinski definition) is 4. The molecule has 0 saturated carbocycles. The molecule has 0 spiro atoms. The second-order valence-electron chi connectivity index (χ2n) is 7.92. The maximum Gasteiger partial charge on any atom is 0.265 e. The lowest BCUT2D eigenvalue weighted by Gasteiger charge is -2.23. The molecule has 0 saturated heterocycles. The van der Waals surface area contributed by atoms with Crippen molar-refractivity contribution in [1.82, 2.24) is 0 Å². The van der Waals surface area contributed by atoms with E-state index in [2.05, 4.69) is 20.7 Å². The minimum Gasteiger partial charge on any atom is -0.483 e. The number of halogens is 2. The van der Waals surface area contributed by atoms with Crippen LogP contribution in [0.2, 0.25) is 0 Å². The van der Waals surface area contributed by atoms with Crippen LogP contribution >= 0.6 is 15.9 Å². The fraction of sp³-hybridized carbons (Fsp3) is 0.208. The zero-order chi connectivity index (χ0) is 23.8. The normalized spacial score (nSPS) is 15.3. The van der Waals surface area contributed by atoms with Crippen LogP contribution in [0.3, 0.4) is 0 Å². The van der Waals surface area contributed by atoms with Crippen LogP contribution in [0.5, 0.6) is 5.75 Å². The Morgan fingerprint density at radius 1 is 1.15 bits per heavy atom. The molecule has 6 nitrogen and oxygen atoms in total. The van der Waals surface area contributed by atoms with Crippen molar-refractivity contribution >= 4 is 43.2 Å². The van der Waals surface area contributed by atoms with Gasteiger partial charge in [-0.1, -0.05) is 15.9 Å². The molecular formula is C24H22BrFN2O4S. The number of nitrogens with zero attached hydrogens (tertiary/aromatic N) is 1. The van der Waals surface area contributed by atoms with Gasteiger partial charge in [0.05, 0.1) is 4.90 Å². The minimum absolute atomic E-state index is 0.0246. The Morgan fingerprint density at radius 3 is 2.58 bits per heavy atom. The Labute approximate surface area is 200 Å². The first-order valence-corrected chi connectivity index (χ1v) is 12.5. The van der Waals surface area contributed by atoms with Crippen LogP contribution in [-0.4, -0.2) is 27.0 Å². The van der Waals surface area contributed by atoms with Gasteiger partial charge in [-0.05, 0) is 92.1 Å². The molecule has 172 valence electrons. The minimum atomic E-state index is -3.86. The zero-order valence-corrected chi connectivity index (χ0v) is 20.4. The van der Waals surface area contributed by atoms with Gasteiger partial charge >= 0.3 is 0 Å². The summed E-state index contributed by atoms with van der Waals surface area (Å²) in [6.07, 6.45) is 0.771. The summed E-state index contributed by atoms with van der Waals surface area (Å²) in [7, 11) is -3.86. The van der Waals surface area contributed by atoms with E-state index in [9.17, 15) is 17.6 Å². The number of rotatable bonds is 6. The van der Waals surface area contributed by atoms with E-state index >= 15 is 0 Å². The molecule has 0 radical (unpaired) electrons. The summed E-state index contributed by atoms with van der Waals surface area (Å²) < 4.78 is 47.5. The summed E-state index contributed by atoms with van der Waals surface area (Å²) >= 11 is 3.46. The maximum atomic E-state index is 13.1. The Hall–Kier alpha value is -2.91. The Bertz CT molecular complexity index is 1310. The highest BCUT2D eigenvalue weighted by Crippen LogP contribution is 2.34. The summed E-state index contributed by atoms with van der Waals surface area (Å²) in [5, 5.41) is 0. The van der Waals surface area contributed by atoms with Crippen LogP contribution in [0, 0.1) is 12.7 Å². The summed E-state index contributed by atoms with van der Waals surface area (Å²) in [4.78, 5) is 14.7. The van der Waals surface area contributed by atoms with E-state index in [-0.39, 0.29) is 29.1 Å². The van der Waals surface area contributed by atoms with Crippen molar-refractivity contribution in [3.8, 4) is 5.75 Å². The van der Waals surface area contributed by atoms with Crippen LogP contribution < -0.4 is 14.4 Å². The highest BCUT2D eigenvalue weighted by molar-refractivity contribution is 9.10. The lowest BCUT2D eigenvalue weighted by molar-refractivity contribution is -0.120. The molecule has 4 rings (SSSR count). The SMILES string of the molecule is Cc1cc(S(=O)(=O)Nc2ccc(F)cc2)ccc1OCC(=O)N1c2ccc(Br)cc2CC1C. The van der Waals surface area contributed by atoms with E-state index < -0.39 is 15.8 Å². The molecule has 1 N–H and O–H groups in total. The monoisotopic (exact) mass is 532 g/mol.